The monoisotopic (exact) mass is 443 g/mol. The Labute approximate surface area is 176 Å². The maximum absolute atomic E-state index is 12.5. The maximum atomic E-state index is 12.5. The Morgan fingerprint density at radius 3 is 2.47 bits per heavy atom. The molecule has 1 atom stereocenters. The molecule has 2 aromatic rings. The Morgan fingerprint density at radius 1 is 1.17 bits per heavy atom. The normalized spacial score (nSPS) is 12.4. The van der Waals surface area contributed by atoms with E-state index in [1.54, 1.807) is 20.8 Å². The van der Waals surface area contributed by atoms with Crippen molar-refractivity contribution in [3.05, 3.63) is 52.7 Å². The summed E-state index contributed by atoms with van der Waals surface area (Å²) >= 11 is 6.15. The fraction of sp³-hybridized carbons (Fsp3) is 0.350. The molecule has 30 heavy (non-hydrogen) atoms. The summed E-state index contributed by atoms with van der Waals surface area (Å²) < 4.78 is 41.4. The zero-order valence-corrected chi connectivity index (χ0v) is 17.3. The highest BCUT2D eigenvalue weighted by molar-refractivity contribution is 6.31. The lowest BCUT2D eigenvalue weighted by Gasteiger charge is -2.17. The van der Waals surface area contributed by atoms with Crippen molar-refractivity contribution in [3.8, 4) is 5.75 Å². The molecule has 0 spiro atoms. The van der Waals surface area contributed by atoms with Gasteiger partial charge in [-0.05, 0) is 36.8 Å². The average molecular weight is 444 g/mol. The van der Waals surface area contributed by atoms with Crippen LogP contribution in [0.4, 0.5) is 19.0 Å². The lowest BCUT2D eigenvalue weighted by atomic mass is 10.1. The van der Waals surface area contributed by atoms with E-state index in [2.05, 4.69) is 20.4 Å². The van der Waals surface area contributed by atoms with Crippen LogP contribution in [-0.4, -0.2) is 29.6 Å². The van der Waals surface area contributed by atoms with Crippen LogP contribution in [0.3, 0.4) is 0 Å². The molecule has 1 unspecified atom stereocenters. The van der Waals surface area contributed by atoms with Crippen molar-refractivity contribution in [2.45, 2.75) is 33.0 Å². The van der Waals surface area contributed by atoms with E-state index in [0.717, 1.165) is 0 Å². The molecule has 162 valence electrons. The molecule has 0 radical (unpaired) electrons. The van der Waals surface area contributed by atoms with Crippen LogP contribution in [0.15, 0.2) is 36.5 Å². The number of hydrogen-bond acceptors (Lipinski definition) is 4. The maximum Gasteiger partial charge on any atom is 0.422 e. The van der Waals surface area contributed by atoms with E-state index in [1.807, 2.05) is 0 Å². The highest BCUT2D eigenvalue weighted by Gasteiger charge is 2.28. The molecule has 2 amide bonds. The molecule has 0 aliphatic heterocycles. The lowest BCUT2D eigenvalue weighted by molar-refractivity contribution is -0.153. The first-order valence-electron chi connectivity index (χ1n) is 9.03. The molecule has 0 aliphatic rings. The summed E-state index contributed by atoms with van der Waals surface area (Å²) in [5, 5.41) is 5.52. The van der Waals surface area contributed by atoms with Gasteiger partial charge in [0.2, 0.25) is 5.91 Å². The van der Waals surface area contributed by atoms with Gasteiger partial charge in [-0.25, -0.2) is 4.98 Å². The fourth-order valence-electron chi connectivity index (χ4n) is 2.38. The molecule has 0 fully saturated rings. The Morgan fingerprint density at radius 2 is 1.87 bits per heavy atom. The number of halogens is 4. The van der Waals surface area contributed by atoms with Gasteiger partial charge < -0.3 is 15.4 Å². The van der Waals surface area contributed by atoms with E-state index >= 15 is 0 Å². The number of nitrogens with one attached hydrogen (secondary N) is 2. The summed E-state index contributed by atoms with van der Waals surface area (Å²) in [6, 6.07) is 6.49. The summed E-state index contributed by atoms with van der Waals surface area (Å²) in [6.45, 7) is 3.72. The van der Waals surface area contributed by atoms with Crippen LogP contribution in [0.2, 0.25) is 5.02 Å². The van der Waals surface area contributed by atoms with E-state index < -0.39 is 24.7 Å². The first-order valence-corrected chi connectivity index (χ1v) is 9.41. The number of rotatable bonds is 7. The number of aromatic nitrogens is 1. The molecule has 1 heterocycles. The number of ether oxygens (including phenoxy) is 1. The minimum atomic E-state index is -4.45. The second-order valence-electron chi connectivity index (χ2n) is 6.86. The Bertz CT molecular complexity index is 920. The van der Waals surface area contributed by atoms with E-state index in [4.69, 9.17) is 11.6 Å². The number of pyridine rings is 1. The van der Waals surface area contributed by atoms with Crippen LogP contribution < -0.4 is 15.4 Å². The summed E-state index contributed by atoms with van der Waals surface area (Å²) in [5.41, 5.74) is 0.781. The number of nitrogens with zero attached hydrogens (tertiary/aromatic N) is 1. The van der Waals surface area contributed by atoms with Gasteiger partial charge in [-0.15, -0.1) is 0 Å². The van der Waals surface area contributed by atoms with E-state index in [-0.39, 0.29) is 34.0 Å². The fourth-order valence-corrected chi connectivity index (χ4v) is 2.72. The largest absolute Gasteiger partial charge is 0.484 e. The minimum absolute atomic E-state index is 0.0285. The third-order valence-electron chi connectivity index (χ3n) is 3.99. The smallest absolute Gasteiger partial charge is 0.422 e. The molecule has 10 heteroatoms. The van der Waals surface area contributed by atoms with Gasteiger partial charge in [0.1, 0.15) is 11.6 Å². The van der Waals surface area contributed by atoms with Gasteiger partial charge in [-0.2, -0.15) is 13.2 Å². The highest BCUT2D eigenvalue weighted by Crippen LogP contribution is 2.28. The predicted octanol–water partition coefficient (Wildman–Crippen LogP) is 4.76. The number of alkyl halides is 3. The minimum Gasteiger partial charge on any atom is -0.484 e. The van der Waals surface area contributed by atoms with Gasteiger partial charge in [0.15, 0.2) is 6.61 Å². The highest BCUT2D eigenvalue weighted by atomic mass is 35.5. The first-order chi connectivity index (χ1) is 14.0. The molecule has 1 aromatic heterocycles. The molecule has 0 saturated heterocycles. The number of carbonyl (C=O) groups is 2. The average Bonchev–Trinajstić information content (AvgIpc) is 2.65. The summed E-state index contributed by atoms with van der Waals surface area (Å²) in [7, 11) is 0. The van der Waals surface area contributed by atoms with Gasteiger partial charge in [-0.1, -0.05) is 31.5 Å². The van der Waals surface area contributed by atoms with Gasteiger partial charge in [-0.3, -0.25) is 9.59 Å². The molecular formula is C20H21ClF3N3O3. The zero-order chi connectivity index (χ0) is 22.5. The van der Waals surface area contributed by atoms with Crippen LogP contribution in [0.5, 0.6) is 5.75 Å². The van der Waals surface area contributed by atoms with Gasteiger partial charge >= 0.3 is 6.18 Å². The molecule has 0 aliphatic carbocycles. The standard InChI is InChI=1S/C20H21ClF3N3O3/c1-11(2)18(28)27-17-8-13(6-7-25-17)19(29)26-12(3)15-5-4-14(9-16(15)21)30-10-20(22,23)24/h4-9,11-12H,10H2,1-3H3,(H,26,29)(H,25,27,28). The second kappa shape index (κ2) is 9.80. The Balaban J connectivity index is 2.06. The van der Waals surface area contributed by atoms with E-state index in [0.29, 0.717) is 5.56 Å². The van der Waals surface area contributed by atoms with Crippen molar-refractivity contribution >= 4 is 29.2 Å². The summed E-state index contributed by atoms with van der Waals surface area (Å²) in [6.07, 6.45) is -3.06. The second-order valence-corrected chi connectivity index (χ2v) is 7.26. The van der Waals surface area contributed by atoms with Crippen molar-refractivity contribution in [2.24, 2.45) is 5.92 Å². The van der Waals surface area contributed by atoms with Gasteiger partial charge in [0, 0.05) is 22.7 Å². The molecule has 0 saturated carbocycles. The molecule has 0 bridgehead atoms. The number of benzene rings is 1. The topological polar surface area (TPSA) is 80.3 Å². The van der Waals surface area contributed by atoms with Crippen LogP contribution in [-0.2, 0) is 4.79 Å². The van der Waals surface area contributed by atoms with Crippen LogP contribution in [0.1, 0.15) is 42.7 Å². The van der Waals surface area contributed by atoms with Crippen molar-refractivity contribution < 1.29 is 27.5 Å². The number of amides is 2. The van der Waals surface area contributed by atoms with E-state index in [1.165, 1.54) is 36.5 Å². The molecule has 6 nitrogen and oxygen atoms in total. The van der Waals surface area contributed by atoms with E-state index in [9.17, 15) is 22.8 Å². The third-order valence-corrected chi connectivity index (χ3v) is 4.31. The molecule has 2 N–H and O–H groups in total. The van der Waals surface area contributed by atoms with Crippen LogP contribution in [0.25, 0.3) is 0 Å². The summed E-state index contributed by atoms with van der Waals surface area (Å²) in [4.78, 5) is 28.3. The van der Waals surface area contributed by atoms with Crippen molar-refractivity contribution in [1.82, 2.24) is 10.3 Å². The number of hydrogen-bond donors (Lipinski definition) is 2. The Kier molecular flexibility index (Phi) is 7.66. The molecule has 1 aromatic carbocycles. The quantitative estimate of drug-likeness (QED) is 0.646. The Hall–Kier alpha value is -2.81. The molecular weight excluding hydrogens is 423 g/mol. The van der Waals surface area contributed by atoms with Crippen LogP contribution >= 0.6 is 11.6 Å². The van der Waals surface area contributed by atoms with Crippen LogP contribution in [0, 0.1) is 5.92 Å². The zero-order valence-electron chi connectivity index (χ0n) is 16.5. The summed E-state index contributed by atoms with van der Waals surface area (Å²) in [5.74, 6) is -0.682. The number of anilines is 1. The van der Waals surface area contributed by atoms with Gasteiger partial charge in [0.05, 0.1) is 6.04 Å². The van der Waals surface area contributed by atoms with Gasteiger partial charge in [0.25, 0.3) is 5.91 Å². The van der Waals surface area contributed by atoms with Crippen molar-refractivity contribution in [1.29, 1.82) is 0 Å². The van der Waals surface area contributed by atoms with Crippen molar-refractivity contribution in [3.63, 3.8) is 0 Å². The van der Waals surface area contributed by atoms with Crippen molar-refractivity contribution in [2.75, 3.05) is 11.9 Å². The first kappa shape index (κ1) is 23.5. The predicted molar refractivity (Wildman–Crippen MR) is 107 cm³/mol. The molecule has 2 rings (SSSR count). The lowest BCUT2D eigenvalue weighted by Crippen LogP contribution is -2.27. The number of carbonyl (C=O) groups excluding carboxylic acids is 2. The third kappa shape index (κ3) is 6.91. The SMILES string of the molecule is CC(C)C(=O)Nc1cc(C(=O)NC(C)c2ccc(OCC(F)(F)F)cc2Cl)ccn1.